The van der Waals surface area contributed by atoms with Gasteiger partial charge in [0.05, 0.1) is 6.10 Å². The number of piperazine rings is 1. The summed E-state index contributed by atoms with van der Waals surface area (Å²) >= 11 is 6.17. The summed E-state index contributed by atoms with van der Waals surface area (Å²) in [6.45, 7) is 6.44. The van der Waals surface area contributed by atoms with Crippen LogP contribution in [0.15, 0.2) is 24.3 Å². The van der Waals surface area contributed by atoms with Crippen LogP contribution in [0.4, 0.5) is 0 Å². The first-order valence-electron chi connectivity index (χ1n) is 7.55. The van der Waals surface area contributed by atoms with Crippen molar-refractivity contribution in [1.82, 2.24) is 14.7 Å². The summed E-state index contributed by atoms with van der Waals surface area (Å²) in [7, 11) is 4.17. The molecule has 0 amide bonds. The summed E-state index contributed by atoms with van der Waals surface area (Å²) < 4.78 is 0. The van der Waals surface area contributed by atoms with Gasteiger partial charge in [0.15, 0.2) is 0 Å². The highest BCUT2D eigenvalue weighted by molar-refractivity contribution is 6.31. The van der Waals surface area contributed by atoms with Gasteiger partial charge in [-0.05, 0) is 25.7 Å². The molecule has 0 saturated carbocycles. The summed E-state index contributed by atoms with van der Waals surface area (Å²) in [6, 6.07) is 7.88. The Balaban J connectivity index is 1.74. The van der Waals surface area contributed by atoms with E-state index in [0.717, 1.165) is 49.9 Å². The zero-order valence-corrected chi connectivity index (χ0v) is 13.8. The molecule has 1 aliphatic heterocycles. The number of β-amino-alcohol motifs (C(OH)–C–C–N with tert-alkyl or cyclic N) is 1. The van der Waals surface area contributed by atoms with Crippen LogP contribution in [-0.2, 0) is 6.54 Å². The van der Waals surface area contributed by atoms with Crippen molar-refractivity contribution in [1.29, 1.82) is 0 Å². The van der Waals surface area contributed by atoms with E-state index in [4.69, 9.17) is 11.6 Å². The highest BCUT2D eigenvalue weighted by Crippen LogP contribution is 2.16. The molecule has 0 radical (unpaired) electrons. The molecule has 21 heavy (non-hydrogen) atoms. The topological polar surface area (TPSA) is 30.0 Å². The molecule has 4 nitrogen and oxygen atoms in total. The minimum absolute atomic E-state index is 0.319. The number of aliphatic hydroxyl groups excluding tert-OH is 1. The van der Waals surface area contributed by atoms with Crippen LogP contribution in [0.3, 0.4) is 0 Å². The van der Waals surface area contributed by atoms with Gasteiger partial charge in [-0.15, -0.1) is 0 Å². The maximum absolute atomic E-state index is 10.3. The molecule has 1 aromatic rings. The third kappa shape index (κ3) is 5.57. The third-order valence-corrected chi connectivity index (χ3v) is 4.35. The van der Waals surface area contributed by atoms with Gasteiger partial charge < -0.3 is 10.0 Å². The van der Waals surface area contributed by atoms with Crippen molar-refractivity contribution in [2.75, 3.05) is 53.4 Å². The second kappa shape index (κ2) is 8.11. The second-order valence-electron chi connectivity index (χ2n) is 6.05. The van der Waals surface area contributed by atoms with E-state index >= 15 is 0 Å². The number of benzene rings is 1. The average Bonchev–Trinajstić information content (AvgIpc) is 2.44. The number of likely N-dealkylation sites (N-methyl/N-ethyl adjacent to an activating group) is 2. The van der Waals surface area contributed by atoms with Crippen LogP contribution in [0, 0.1) is 0 Å². The molecule has 1 heterocycles. The fourth-order valence-corrected chi connectivity index (χ4v) is 2.92. The predicted octanol–water partition coefficient (Wildman–Crippen LogP) is 1.38. The maximum atomic E-state index is 10.3. The van der Waals surface area contributed by atoms with Crippen molar-refractivity contribution in [2.45, 2.75) is 12.6 Å². The molecule has 1 aliphatic rings. The Morgan fingerprint density at radius 3 is 2.57 bits per heavy atom. The van der Waals surface area contributed by atoms with E-state index < -0.39 is 0 Å². The molecular weight excluding hydrogens is 286 g/mol. The number of halogens is 1. The van der Waals surface area contributed by atoms with Crippen molar-refractivity contribution < 1.29 is 5.11 Å². The van der Waals surface area contributed by atoms with E-state index in [9.17, 15) is 5.11 Å². The van der Waals surface area contributed by atoms with Crippen LogP contribution in [0.25, 0.3) is 0 Å². The molecule has 1 atom stereocenters. The van der Waals surface area contributed by atoms with E-state index in [1.165, 1.54) is 0 Å². The Labute approximate surface area is 132 Å². The van der Waals surface area contributed by atoms with E-state index in [-0.39, 0.29) is 6.10 Å². The molecule has 1 fully saturated rings. The second-order valence-corrected chi connectivity index (χ2v) is 6.45. The molecule has 5 heteroatoms. The van der Waals surface area contributed by atoms with Crippen LogP contribution in [-0.4, -0.2) is 79.3 Å². The van der Waals surface area contributed by atoms with Crippen molar-refractivity contribution >= 4 is 11.6 Å². The van der Waals surface area contributed by atoms with Gasteiger partial charge in [-0.25, -0.2) is 0 Å². The minimum atomic E-state index is -0.319. The monoisotopic (exact) mass is 311 g/mol. The highest BCUT2D eigenvalue weighted by Gasteiger charge is 2.18. The molecule has 0 aliphatic carbocycles. The fourth-order valence-electron chi connectivity index (χ4n) is 2.73. The maximum Gasteiger partial charge on any atom is 0.0793 e. The number of aliphatic hydroxyl groups is 1. The number of nitrogens with zero attached hydrogens (tertiary/aromatic N) is 3. The molecule has 1 N–H and O–H groups in total. The van der Waals surface area contributed by atoms with Gasteiger partial charge in [-0.3, -0.25) is 9.80 Å². The van der Waals surface area contributed by atoms with Gasteiger partial charge in [-0.1, -0.05) is 29.8 Å². The Bertz CT molecular complexity index is 435. The minimum Gasteiger partial charge on any atom is -0.390 e. The summed E-state index contributed by atoms with van der Waals surface area (Å²) in [4.78, 5) is 6.79. The summed E-state index contributed by atoms with van der Waals surface area (Å²) in [5.74, 6) is 0. The van der Waals surface area contributed by atoms with E-state index in [1.807, 2.05) is 31.3 Å². The molecule has 1 unspecified atom stereocenters. The largest absolute Gasteiger partial charge is 0.390 e. The number of hydrogen-bond donors (Lipinski definition) is 1. The number of rotatable bonds is 6. The van der Waals surface area contributed by atoms with E-state index in [0.29, 0.717) is 6.54 Å². The first kappa shape index (κ1) is 16.7. The average molecular weight is 312 g/mol. The zero-order chi connectivity index (χ0) is 15.2. The standard InChI is InChI=1S/C16H26ClN3O/c1-18-7-9-20(10-8-18)13-15(21)12-19(2)11-14-5-3-4-6-16(14)17/h3-6,15,21H,7-13H2,1-2H3. The first-order chi connectivity index (χ1) is 10.0. The molecule has 1 aromatic carbocycles. The van der Waals surface area contributed by atoms with Gasteiger partial charge >= 0.3 is 0 Å². The quantitative estimate of drug-likeness (QED) is 0.860. The fraction of sp³-hybridized carbons (Fsp3) is 0.625. The highest BCUT2D eigenvalue weighted by atomic mass is 35.5. The summed E-state index contributed by atoms with van der Waals surface area (Å²) in [5, 5.41) is 11.0. The number of hydrogen-bond acceptors (Lipinski definition) is 4. The Hall–Kier alpha value is -0.650. The smallest absolute Gasteiger partial charge is 0.0793 e. The Morgan fingerprint density at radius 2 is 1.90 bits per heavy atom. The third-order valence-electron chi connectivity index (χ3n) is 3.99. The van der Waals surface area contributed by atoms with Crippen LogP contribution < -0.4 is 0 Å². The van der Waals surface area contributed by atoms with E-state index in [2.05, 4.69) is 21.7 Å². The van der Waals surface area contributed by atoms with Crippen LogP contribution in [0.5, 0.6) is 0 Å². The normalized spacial score (nSPS) is 19.1. The van der Waals surface area contributed by atoms with Crippen LogP contribution >= 0.6 is 11.6 Å². The van der Waals surface area contributed by atoms with Crippen LogP contribution in [0.1, 0.15) is 5.56 Å². The molecule has 0 spiro atoms. The van der Waals surface area contributed by atoms with Gasteiger partial charge in [0, 0.05) is 50.8 Å². The lowest BCUT2D eigenvalue weighted by Crippen LogP contribution is -2.48. The zero-order valence-electron chi connectivity index (χ0n) is 13.0. The molecule has 2 rings (SSSR count). The molecule has 0 aromatic heterocycles. The lowest BCUT2D eigenvalue weighted by Gasteiger charge is -2.34. The Morgan fingerprint density at radius 1 is 1.24 bits per heavy atom. The lowest BCUT2D eigenvalue weighted by molar-refractivity contribution is 0.0594. The van der Waals surface area contributed by atoms with Gasteiger partial charge in [0.1, 0.15) is 0 Å². The van der Waals surface area contributed by atoms with E-state index in [1.54, 1.807) is 0 Å². The van der Waals surface area contributed by atoms with Gasteiger partial charge in [-0.2, -0.15) is 0 Å². The summed E-state index contributed by atoms with van der Waals surface area (Å²) in [6.07, 6.45) is -0.319. The first-order valence-corrected chi connectivity index (χ1v) is 7.93. The van der Waals surface area contributed by atoms with Gasteiger partial charge in [0.25, 0.3) is 0 Å². The van der Waals surface area contributed by atoms with Crippen molar-refractivity contribution in [3.63, 3.8) is 0 Å². The molecular formula is C16H26ClN3O. The predicted molar refractivity (Wildman–Crippen MR) is 87.7 cm³/mol. The molecule has 118 valence electrons. The van der Waals surface area contributed by atoms with Crippen molar-refractivity contribution in [3.8, 4) is 0 Å². The SMILES string of the molecule is CN1CCN(CC(O)CN(C)Cc2ccccc2Cl)CC1. The van der Waals surface area contributed by atoms with Crippen molar-refractivity contribution in [3.05, 3.63) is 34.9 Å². The lowest BCUT2D eigenvalue weighted by atomic mass is 10.2. The van der Waals surface area contributed by atoms with Gasteiger partial charge in [0.2, 0.25) is 0 Å². The molecule has 0 bridgehead atoms. The van der Waals surface area contributed by atoms with Crippen LogP contribution in [0.2, 0.25) is 5.02 Å². The summed E-state index contributed by atoms with van der Waals surface area (Å²) in [5.41, 5.74) is 1.11. The molecule has 1 saturated heterocycles. The Kier molecular flexibility index (Phi) is 6.45. The van der Waals surface area contributed by atoms with Crippen molar-refractivity contribution in [2.24, 2.45) is 0 Å².